The van der Waals surface area contributed by atoms with E-state index in [4.69, 9.17) is 4.74 Å². The van der Waals surface area contributed by atoms with Gasteiger partial charge in [-0.05, 0) is 31.7 Å². The molecular weight excluding hydrogens is 331 g/mol. The number of halogens is 2. The Bertz CT molecular complexity index is 513. The van der Waals surface area contributed by atoms with Gasteiger partial charge in [-0.2, -0.15) is 0 Å². The molecule has 7 heteroatoms. The molecule has 0 spiro atoms. The van der Waals surface area contributed by atoms with Gasteiger partial charge in [0.05, 0.1) is 11.0 Å². The van der Waals surface area contributed by atoms with Crippen LogP contribution in [0.2, 0.25) is 0 Å². The standard InChI is InChI=1S/C13H16BrFN2O3/c1-20-10-4-2-3-9(7-10)16-13-11(15)5-8(14)6-12(13)17(18)19/h5-6,9-10,16H,2-4,7H2,1H3/t9-,10-/m1/s1. The van der Waals surface area contributed by atoms with Crippen LogP contribution < -0.4 is 5.32 Å². The monoisotopic (exact) mass is 346 g/mol. The van der Waals surface area contributed by atoms with Crippen LogP contribution in [0.25, 0.3) is 0 Å². The maximum atomic E-state index is 14.0. The van der Waals surface area contributed by atoms with Gasteiger partial charge in [-0.15, -0.1) is 0 Å². The first-order chi connectivity index (χ1) is 9.51. The molecule has 1 aromatic rings. The third-order valence-electron chi connectivity index (χ3n) is 3.54. The highest BCUT2D eigenvalue weighted by atomic mass is 79.9. The minimum atomic E-state index is -0.620. The average Bonchev–Trinajstić information content (AvgIpc) is 2.41. The lowest BCUT2D eigenvalue weighted by molar-refractivity contribution is -0.384. The van der Waals surface area contributed by atoms with E-state index in [1.54, 1.807) is 7.11 Å². The number of nitrogens with one attached hydrogen (secondary N) is 1. The van der Waals surface area contributed by atoms with Gasteiger partial charge in [0.15, 0.2) is 5.82 Å². The Morgan fingerprint density at radius 1 is 1.50 bits per heavy atom. The summed E-state index contributed by atoms with van der Waals surface area (Å²) in [6.07, 6.45) is 3.64. The molecule has 1 fully saturated rings. The molecular formula is C13H16BrFN2O3. The van der Waals surface area contributed by atoms with E-state index in [9.17, 15) is 14.5 Å². The molecule has 2 rings (SSSR count). The molecule has 0 saturated heterocycles. The normalized spacial score (nSPS) is 22.6. The van der Waals surface area contributed by atoms with E-state index in [-0.39, 0.29) is 23.5 Å². The van der Waals surface area contributed by atoms with E-state index < -0.39 is 10.7 Å². The van der Waals surface area contributed by atoms with E-state index in [0.717, 1.165) is 25.7 Å². The second-order valence-corrected chi connectivity index (χ2v) is 5.82. The maximum absolute atomic E-state index is 14.0. The van der Waals surface area contributed by atoms with Crippen molar-refractivity contribution in [3.63, 3.8) is 0 Å². The molecule has 5 nitrogen and oxygen atoms in total. The summed E-state index contributed by atoms with van der Waals surface area (Å²) < 4.78 is 19.6. The maximum Gasteiger partial charge on any atom is 0.296 e. The Labute approximate surface area is 124 Å². The number of nitro groups is 1. The van der Waals surface area contributed by atoms with Crippen molar-refractivity contribution in [1.29, 1.82) is 0 Å². The topological polar surface area (TPSA) is 64.4 Å². The van der Waals surface area contributed by atoms with Crippen molar-refractivity contribution in [1.82, 2.24) is 0 Å². The highest BCUT2D eigenvalue weighted by molar-refractivity contribution is 9.10. The zero-order valence-corrected chi connectivity index (χ0v) is 12.7. The van der Waals surface area contributed by atoms with Gasteiger partial charge in [0.1, 0.15) is 5.69 Å². The zero-order chi connectivity index (χ0) is 14.7. The van der Waals surface area contributed by atoms with Crippen LogP contribution in [-0.2, 0) is 4.74 Å². The van der Waals surface area contributed by atoms with Crippen molar-refractivity contribution in [2.75, 3.05) is 12.4 Å². The molecule has 0 unspecified atom stereocenters. The van der Waals surface area contributed by atoms with Gasteiger partial charge < -0.3 is 10.1 Å². The molecule has 1 aliphatic rings. The number of hydrogen-bond donors (Lipinski definition) is 1. The summed E-state index contributed by atoms with van der Waals surface area (Å²) in [5, 5.41) is 14.0. The fraction of sp³-hybridized carbons (Fsp3) is 0.538. The summed E-state index contributed by atoms with van der Waals surface area (Å²) in [4.78, 5) is 10.5. The van der Waals surface area contributed by atoms with E-state index in [2.05, 4.69) is 21.2 Å². The Hall–Kier alpha value is -1.21. The van der Waals surface area contributed by atoms with Crippen molar-refractivity contribution in [2.45, 2.75) is 37.8 Å². The van der Waals surface area contributed by atoms with E-state index in [0.29, 0.717) is 4.47 Å². The molecule has 0 amide bonds. The first-order valence-electron chi connectivity index (χ1n) is 6.44. The molecule has 1 aliphatic carbocycles. The summed E-state index contributed by atoms with van der Waals surface area (Å²) in [7, 11) is 1.65. The van der Waals surface area contributed by atoms with Crippen molar-refractivity contribution in [3.8, 4) is 0 Å². The second-order valence-electron chi connectivity index (χ2n) is 4.90. The van der Waals surface area contributed by atoms with Crippen LogP contribution in [0, 0.1) is 15.9 Å². The molecule has 1 aromatic carbocycles. The van der Waals surface area contributed by atoms with Crippen LogP contribution in [0.4, 0.5) is 15.8 Å². The summed E-state index contributed by atoms with van der Waals surface area (Å²) in [5.41, 5.74) is -0.295. The van der Waals surface area contributed by atoms with Gasteiger partial charge in [-0.25, -0.2) is 4.39 Å². The quantitative estimate of drug-likeness (QED) is 0.663. The molecule has 20 heavy (non-hydrogen) atoms. The van der Waals surface area contributed by atoms with Crippen LogP contribution in [0.1, 0.15) is 25.7 Å². The van der Waals surface area contributed by atoms with E-state index in [1.165, 1.54) is 12.1 Å². The van der Waals surface area contributed by atoms with Crippen LogP contribution in [0.15, 0.2) is 16.6 Å². The minimum Gasteiger partial charge on any atom is -0.381 e. The van der Waals surface area contributed by atoms with Crippen molar-refractivity contribution in [3.05, 3.63) is 32.5 Å². The van der Waals surface area contributed by atoms with Crippen LogP contribution >= 0.6 is 15.9 Å². The van der Waals surface area contributed by atoms with Crippen LogP contribution in [0.3, 0.4) is 0 Å². The van der Waals surface area contributed by atoms with Crippen LogP contribution in [0.5, 0.6) is 0 Å². The average molecular weight is 347 g/mol. The van der Waals surface area contributed by atoms with Gasteiger partial charge in [0.2, 0.25) is 0 Å². The zero-order valence-electron chi connectivity index (χ0n) is 11.1. The smallest absolute Gasteiger partial charge is 0.296 e. The van der Waals surface area contributed by atoms with Gasteiger partial charge in [0.25, 0.3) is 5.69 Å². The summed E-state index contributed by atoms with van der Waals surface area (Å²) >= 11 is 3.07. The van der Waals surface area contributed by atoms with Gasteiger partial charge in [0, 0.05) is 23.7 Å². The summed E-state index contributed by atoms with van der Waals surface area (Å²) in [5.74, 6) is -0.620. The number of benzene rings is 1. The number of nitro benzene ring substituents is 1. The Balaban J connectivity index is 2.22. The van der Waals surface area contributed by atoms with Crippen LogP contribution in [-0.4, -0.2) is 24.2 Å². The fourth-order valence-electron chi connectivity index (χ4n) is 2.54. The number of methoxy groups -OCH3 is 1. The lowest BCUT2D eigenvalue weighted by Crippen LogP contribution is -2.31. The molecule has 2 atom stereocenters. The molecule has 1 saturated carbocycles. The third kappa shape index (κ3) is 3.46. The summed E-state index contributed by atoms with van der Waals surface area (Å²) in [6, 6.07) is 2.52. The number of ether oxygens (including phenoxy) is 1. The van der Waals surface area contributed by atoms with E-state index >= 15 is 0 Å². The number of hydrogen-bond acceptors (Lipinski definition) is 4. The lowest BCUT2D eigenvalue weighted by atomic mass is 9.92. The SMILES string of the molecule is CO[C@@H]1CCC[C@@H](Nc2c(F)cc(Br)cc2[N+](=O)[O-])C1. The van der Waals surface area contributed by atoms with Crippen molar-refractivity contribution < 1.29 is 14.1 Å². The molecule has 1 N–H and O–H groups in total. The third-order valence-corrected chi connectivity index (χ3v) is 4.00. The highest BCUT2D eigenvalue weighted by Gasteiger charge is 2.26. The number of nitrogens with zero attached hydrogens (tertiary/aromatic N) is 1. The Morgan fingerprint density at radius 2 is 2.25 bits per heavy atom. The van der Waals surface area contributed by atoms with Crippen molar-refractivity contribution in [2.24, 2.45) is 0 Å². The molecule has 0 aliphatic heterocycles. The highest BCUT2D eigenvalue weighted by Crippen LogP contribution is 2.34. The molecule has 0 radical (unpaired) electrons. The number of rotatable bonds is 4. The molecule has 0 bridgehead atoms. The molecule has 0 heterocycles. The van der Waals surface area contributed by atoms with Crippen molar-refractivity contribution >= 4 is 27.3 Å². The summed E-state index contributed by atoms with van der Waals surface area (Å²) in [6.45, 7) is 0. The molecule has 110 valence electrons. The second kappa shape index (κ2) is 6.49. The lowest BCUT2D eigenvalue weighted by Gasteiger charge is -2.29. The molecule has 0 aromatic heterocycles. The predicted molar refractivity (Wildman–Crippen MR) is 77.4 cm³/mol. The predicted octanol–water partition coefficient (Wildman–Crippen LogP) is 3.87. The van der Waals surface area contributed by atoms with Gasteiger partial charge in [-0.1, -0.05) is 15.9 Å². The fourth-order valence-corrected chi connectivity index (χ4v) is 2.96. The largest absolute Gasteiger partial charge is 0.381 e. The first-order valence-corrected chi connectivity index (χ1v) is 7.23. The van der Waals surface area contributed by atoms with Gasteiger partial charge in [-0.3, -0.25) is 10.1 Å². The Kier molecular flexibility index (Phi) is 4.93. The minimum absolute atomic E-state index is 0.0110. The van der Waals surface area contributed by atoms with E-state index in [1.807, 2.05) is 0 Å². The van der Waals surface area contributed by atoms with Gasteiger partial charge >= 0.3 is 0 Å². The Morgan fingerprint density at radius 3 is 2.90 bits per heavy atom. The first kappa shape index (κ1) is 15.2. The number of anilines is 1.